The van der Waals surface area contributed by atoms with Crippen LogP contribution in [0.3, 0.4) is 0 Å². The molecule has 0 radical (unpaired) electrons. The number of rotatable bonds is 6. The van der Waals surface area contributed by atoms with Crippen LogP contribution in [0, 0.1) is 5.82 Å². The fraction of sp³-hybridized carbons (Fsp3) is 0.316. The minimum absolute atomic E-state index is 0.0000784. The van der Waals surface area contributed by atoms with Gasteiger partial charge in [-0.1, -0.05) is 12.1 Å². The summed E-state index contributed by atoms with van der Waals surface area (Å²) in [5.41, 5.74) is 1.44. The molecule has 0 unspecified atom stereocenters. The lowest BCUT2D eigenvalue weighted by molar-refractivity contribution is -0.0503. The average molecular weight is 329 g/mol. The van der Waals surface area contributed by atoms with E-state index in [0.717, 1.165) is 11.3 Å². The van der Waals surface area contributed by atoms with Gasteiger partial charge < -0.3 is 14.4 Å². The van der Waals surface area contributed by atoms with Gasteiger partial charge in [0.2, 0.25) is 0 Å². The van der Waals surface area contributed by atoms with Crippen LogP contribution >= 0.6 is 0 Å². The van der Waals surface area contributed by atoms with Gasteiger partial charge in [0.15, 0.2) is 0 Å². The monoisotopic (exact) mass is 329 g/mol. The lowest BCUT2D eigenvalue weighted by Crippen LogP contribution is -2.54. The van der Waals surface area contributed by atoms with Gasteiger partial charge in [0.05, 0.1) is 19.3 Å². The van der Waals surface area contributed by atoms with Crippen molar-refractivity contribution in [1.82, 2.24) is 4.90 Å². The molecule has 2 aromatic rings. The Kier molecular flexibility index (Phi) is 5.11. The number of likely N-dealkylation sites (tertiary alicyclic amines) is 1. The van der Waals surface area contributed by atoms with E-state index in [4.69, 9.17) is 9.47 Å². The molecule has 0 saturated carbocycles. The van der Waals surface area contributed by atoms with E-state index in [0.29, 0.717) is 31.9 Å². The first-order valence-electron chi connectivity index (χ1n) is 8.04. The molecule has 0 aliphatic carbocycles. The number of hydrogen-bond acceptors (Lipinski definition) is 3. The maximum Gasteiger partial charge on any atom is 0.254 e. The fourth-order valence-electron chi connectivity index (χ4n) is 2.59. The highest BCUT2D eigenvalue weighted by Crippen LogP contribution is 2.19. The summed E-state index contributed by atoms with van der Waals surface area (Å²) >= 11 is 0. The summed E-state index contributed by atoms with van der Waals surface area (Å²) in [5, 5.41) is 0. The van der Waals surface area contributed by atoms with Gasteiger partial charge in [-0.15, -0.1) is 0 Å². The Bertz CT molecular complexity index is 696. The van der Waals surface area contributed by atoms with Crippen molar-refractivity contribution in [1.29, 1.82) is 0 Å². The summed E-state index contributed by atoms with van der Waals surface area (Å²) in [5.74, 6) is 0.481. The lowest BCUT2D eigenvalue weighted by atomic mass is 10.1. The van der Waals surface area contributed by atoms with Gasteiger partial charge in [0.25, 0.3) is 5.91 Å². The molecule has 126 valence electrons. The Labute approximate surface area is 140 Å². The maximum atomic E-state index is 13.1. The number of benzene rings is 2. The summed E-state index contributed by atoms with van der Waals surface area (Å²) in [6.45, 7) is 3.99. The largest absolute Gasteiger partial charge is 0.494 e. The zero-order valence-corrected chi connectivity index (χ0v) is 13.6. The van der Waals surface area contributed by atoms with Crippen LogP contribution < -0.4 is 4.74 Å². The molecule has 0 N–H and O–H groups in total. The number of carbonyl (C=O) groups is 1. The zero-order chi connectivity index (χ0) is 16.9. The second-order valence-corrected chi connectivity index (χ2v) is 5.73. The minimum atomic E-state index is -0.267. The average Bonchev–Trinajstić information content (AvgIpc) is 2.54. The van der Waals surface area contributed by atoms with Crippen molar-refractivity contribution < 1.29 is 18.7 Å². The number of nitrogens with zero attached hydrogens (tertiary/aromatic N) is 1. The Hall–Kier alpha value is -2.40. The van der Waals surface area contributed by atoms with Crippen LogP contribution in [0.4, 0.5) is 4.39 Å². The fourth-order valence-corrected chi connectivity index (χ4v) is 2.59. The molecule has 5 heteroatoms. The van der Waals surface area contributed by atoms with E-state index in [2.05, 4.69) is 0 Å². The summed E-state index contributed by atoms with van der Waals surface area (Å²) in [4.78, 5) is 14.1. The van der Waals surface area contributed by atoms with E-state index in [1.807, 2.05) is 13.0 Å². The van der Waals surface area contributed by atoms with Crippen molar-refractivity contribution >= 4 is 5.91 Å². The van der Waals surface area contributed by atoms with Crippen LogP contribution in [0.2, 0.25) is 0 Å². The number of amides is 1. The van der Waals surface area contributed by atoms with Crippen molar-refractivity contribution in [3.63, 3.8) is 0 Å². The SMILES string of the molecule is CCOc1ccc(C(=O)N2CC(OCc3cccc(F)c3)C2)cc1. The second kappa shape index (κ2) is 7.45. The molecule has 1 amide bonds. The first-order chi connectivity index (χ1) is 11.7. The molecule has 4 nitrogen and oxygen atoms in total. The Balaban J connectivity index is 1.46. The Morgan fingerprint density at radius 3 is 2.62 bits per heavy atom. The Morgan fingerprint density at radius 2 is 1.96 bits per heavy atom. The molecule has 1 heterocycles. The molecular formula is C19H20FNO3. The van der Waals surface area contributed by atoms with Gasteiger partial charge >= 0.3 is 0 Å². The van der Waals surface area contributed by atoms with Crippen molar-refractivity contribution in [3.8, 4) is 5.75 Å². The van der Waals surface area contributed by atoms with Gasteiger partial charge in [-0.05, 0) is 48.9 Å². The summed E-state index contributed by atoms with van der Waals surface area (Å²) < 4.78 is 24.2. The van der Waals surface area contributed by atoms with Crippen LogP contribution in [0.5, 0.6) is 5.75 Å². The molecule has 0 atom stereocenters. The predicted octanol–water partition coefficient (Wildman–Crippen LogP) is 3.27. The van der Waals surface area contributed by atoms with Crippen molar-refractivity contribution in [2.24, 2.45) is 0 Å². The molecule has 1 saturated heterocycles. The third kappa shape index (κ3) is 3.92. The van der Waals surface area contributed by atoms with E-state index in [-0.39, 0.29) is 17.8 Å². The second-order valence-electron chi connectivity index (χ2n) is 5.73. The van der Waals surface area contributed by atoms with E-state index in [9.17, 15) is 9.18 Å². The molecular weight excluding hydrogens is 309 g/mol. The quantitative estimate of drug-likeness (QED) is 0.816. The first kappa shape index (κ1) is 16.5. The molecule has 2 aromatic carbocycles. The van der Waals surface area contributed by atoms with Crippen LogP contribution in [0.1, 0.15) is 22.8 Å². The first-order valence-corrected chi connectivity index (χ1v) is 8.04. The highest BCUT2D eigenvalue weighted by atomic mass is 19.1. The van der Waals surface area contributed by atoms with Crippen molar-refractivity contribution in [2.45, 2.75) is 19.6 Å². The molecule has 24 heavy (non-hydrogen) atoms. The van der Waals surface area contributed by atoms with Gasteiger partial charge in [-0.2, -0.15) is 0 Å². The van der Waals surface area contributed by atoms with Gasteiger partial charge in [0.1, 0.15) is 11.6 Å². The molecule has 3 rings (SSSR count). The summed E-state index contributed by atoms with van der Waals surface area (Å²) in [7, 11) is 0. The molecule has 0 aromatic heterocycles. The topological polar surface area (TPSA) is 38.8 Å². The highest BCUT2D eigenvalue weighted by Gasteiger charge is 2.31. The van der Waals surface area contributed by atoms with Crippen LogP contribution in [-0.4, -0.2) is 36.6 Å². The number of halogens is 1. The molecule has 1 aliphatic rings. The van der Waals surface area contributed by atoms with Crippen molar-refractivity contribution in [2.75, 3.05) is 19.7 Å². The molecule has 1 fully saturated rings. The normalized spacial score (nSPS) is 14.3. The van der Waals surface area contributed by atoms with E-state index >= 15 is 0 Å². The van der Waals surface area contributed by atoms with Gasteiger partial charge in [-0.25, -0.2) is 4.39 Å². The van der Waals surface area contributed by atoms with Gasteiger partial charge in [0, 0.05) is 18.7 Å². The predicted molar refractivity (Wildman–Crippen MR) is 88.5 cm³/mol. The van der Waals surface area contributed by atoms with E-state index in [1.165, 1.54) is 12.1 Å². The van der Waals surface area contributed by atoms with Gasteiger partial charge in [-0.3, -0.25) is 4.79 Å². The third-order valence-corrected chi connectivity index (χ3v) is 3.92. The number of ether oxygens (including phenoxy) is 2. The van der Waals surface area contributed by atoms with E-state index < -0.39 is 0 Å². The standard InChI is InChI=1S/C19H20FNO3/c1-2-23-17-8-6-15(7-9-17)19(22)21-11-18(12-21)24-13-14-4-3-5-16(20)10-14/h3-10,18H,2,11-13H2,1H3. The van der Waals surface area contributed by atoms with Crippen LogP contribution in [0.25, 0.3) is 0 Å². The maximum absolute atomic E-state index is 13.1. The van der Waals surface area contributed by atoms with E-state index in [1.54, 1.807) is 35.2 Å². The summed E-state index contributed by atoms with van der Waals surface area (Å²) in [6, 6.07) is 13.5. The third-order valence-electron chi connectivity index (χ3n) is 3.92. The smallest absolute Gasteiger partial charge is 0.254 e. The van der Waals surface area contributed by atoms with Crippen LogP contribution in [-0.2, 0) is 11.3 Å². The lowest BCUT2D eigenvalue weighted by Gasteiger charge is -2.39. The van der Waals surface area contributed by atoms with Crippen LogP contribution in [0.15, 0.2) is 48.5 Å². The zero-order valence-electron chi connectivity index (χ0n) is 13.6. The minimum Gasteiger partial charge on any atom is -0.494 e. The molecule has 0 bridgehead atoms. The molecule has 1 aliphatic heterocycles. The number of hydrogen-bond donors (Lipinski definition) is 0. The summed E-state index contributed by atoms with van der Waals surface area (Å²) in [6.07, 6.45) is -0.0000784. The highest BCUT2D eigenvalue weighted by molar-refractivity contribution is 5.94. The van der Waals surface area contributed by atoms with Crippen molar-refractivity contribution in [3.05, 3.63) is 65.5 Å². The Morgan fingerprint density at radius 1 is 1.21 bits per heavy atom. The number of carbonyl (C=O) groups excluding carboxylic acids is 1. The molecule has 0 spiro atoms.